The molecule has 1 amide bonds. The first-order chi connectivity index (χ1) is 16.4. The number of aryl methyl sites for hydroxylation is 3. The number of hydrogen-bond donors (Lipinski definition) is 1. The summed E-state index contributed by atoms with van der Waals surface area (Å²) in [5, 5.41) is 9.26. The van der Waals surface area contributed by atoms with Crippen molar-refractivity contribution in [1.29, 1.82) is 0 Å². The van der Waals surface area contributed by atoms with Crippen molar-refractivity contribution in [3.8, 4) is 0 Å². The Morgan fingerprint density at radius 3 is 1.80 bits per heavy atom. The van der Waals surface area contributed by atoms with Gasteiger partial charge in [0.1, 0.15) is 11.9 Å². The van der Waals surface area contributed by atoms with Crippen LogP contribution < -0.4 is 4.90 Å². The van der Waals surface area contributed by atoms with Gasteiger partial charge in [-0.05, 0) is 62.1 Å². The van der Waals surface area contributed by atoms with Gasteiger partial charge in [0.15, 0.2) is 0 Å². The number of amides is 1. The Morgan fingerprint density at radius 2 is 1.34 bits per heavy atom. The van der Waals surface area contributed by atoms with Crippen LogP contribution in [0.2, 0.25) is 0 Å². The molecule has 0 aliphatic heterocycles. The molecule has 0 aliphatic rings. The first kappa shape index (κ1) is 26.2. The molecule has 1 atom stereocenters. The normalized spacial score (nSPS) is 12.3. The third-order valence-corrected chi connectivity index (χ3v) is 6.14. The molecule has 0 fully saturated rings. The second-order valence-corrected chi connectivity index (χ2v) is 9.20. The van der Waals surface area contributed by atoms with Crippen molar-refractivity contribution in [3.05, 3.63) is 99.6 Å². The van der Waals surface area contributed by atoms with E-state index < -0.39 is 12.0 Å². The Morgan fingerprint density at radius 1 is 0.886 bits per heavy atom. The van der Waals surface area contributed by atoms with Crippen LogP contribution in [0.3, 0.4) is 0 Å². The topological polar surface area (TPSA) is 57.6 Å². The summed E-state index contributed by atoms with van der Waals surface area (Å²) in [6.45, 7) is 7.04. The number of benzene rings is 3. The summed E-state index contributed by atoms with van der Waals surface area (Å²) >= 11 is 0. The van der Waals surface area contributed by atoms with Crippen molar-refractivity contribution in [2.75, 3.05) is 11.9 Å². The maximum Gasteiger partial charge on any atom is 0.298 e. The van der Waals surface area contributed by atoms with E-state index in [0.717, 1.165) is 34.9 Å². The molecule has 0 saturated heterocycles. The highest BCUT2D eigenvalue weighted by Crippen LogP contribution is 2.32. The Hall–Kier alpha value is -3.38. The van der Waals surface area contributed by atoms with Gasteiger partial charge in [0.05, 0.1) is 0 Å². The molecule has 3 rings (SSSR count). The van der Waals surface area contributed by atoms with E-state index >= 15 is 0 Å². The van der Waals surface area contributed by atoms with E-state index in [1.807, 2.05) is 32.9 Å². The molecule has 184 valence electrons. The van der Waals surface area contributed by atoms with Gasteiger partial charge in [-0.2, -0.15) is 8.78 Å². The zero-order valence-corrected chi connectivity index (χ0v) is 20.7. The number of rotatable bonds is 8. The lowest BCUT2D eigenvalue weighted by Crippen LogP contribution is -2.27. The number of carbonyl (C=O) groups is 2. The Labute approximate surface area is 205 Å². The van der Waals surface area contributed by atoms with E-state index in [4.69, 9.17) is 0 Å². The summed E-state index contributed by atoms with van der Waals surface area (Å²) < 4.78 is 27.8. The minimum atomic E-state index is -3.34. The quantitative estimate of drug-likeness (QED) is 0.450. The fourth-order valence-corrected chi connectivity index (χ4v) is 4.37. The van der Waals surface area contributed by atoms with Gasteiger partial charge in [-0.15, -0.1) is 0 Å². The predicted octanol–water partition coefficient (Wildman–Crippen LogP) is 5.72. The Kier molecular flexibility index (Phi) is 7.86. The molecule has 35 heavy (non-hydrogen) atoms. The van der Waals surface area contributed by atoms with Crippen LogP contribution in [-0.2, 0) is 23.6 Å². The molecule has 0 radical (unpaired) electrons. The third-order valence-electron chi connectivity index (χ3n) is 6.14. The number of ketones is 1. The fraction of sp³-hybridized carbons (Fsp3) is 0.310. The molecular weight excluding hydrogens is 448 g/mol. The van der Waals surface area contributed by atoms with Crippen molar-refractivity contribution in [1.82, 2.24) is 0 Å². The highest BCUT2D eigenvalue weighted by atomic mass is 19.3. The fourth-order valence-electron chi connectivity index (χ4n) is 4.37. The summed E-state index contributed by atoms with van der Waals surface area (Å²) in [6.07, 6.45) is -1.52. The number of carbonyl (C=O) groups excluding carboxylic acids is 2. The van der Waals surface area contributed by atoms with Crippen LogP contribution in [0, 0.1) is 20.8 Å². The molecular formula is C29H31F2NO3. The van der Waals surface area contributed by atoms with Crippen LogP contribution in [0.5, 0.6) is 0 Å². The molecule has 6 heteroatoms. The lowest BCUT2D eigenvalue weighted by Gasteiger charge is -2.22. The van der Waals surface area contributed by atoms with Gasteiger partial charge in [-0.3, -0.25) is 9.59 Å². The van der Waals surface area contributed by atoms with Crippen molar-refractivity contribution in [3.63, 3.8) is 0 Å². The van der Waals surface area contributed by atoms with E-state index in [0.29, 0.717) is 11.1 Å². The zero-order chi connectivity index (χ0) is 25.9. The van der Waals surface area contributed by atoms with Crippen molar-refractivity contribution in [2.45, 2.75) is 52.6 Å². The lowest BCUT2D eigenvalue weighted by atomic mass is 9.98. The molecule has 0 aromatic heterocycles. The summed E-state index contributed by atoms with van der Waals surface area (Å²) in [5.41, 5.74) is 5.73. The Balaban J connectivity index is 1.64. The second kappa shape index (κ2) is 10.5. The van der Waals surface area contributed by atoms with Crippen molar-refractivity contribution < 1.29 is 23.5 Å². The number of halogens is 2. The summed E-state index contributed by atoms with van der Waals surface area (Å²) in [5.74, 6) is -3.54. The standard InChI is InChI=1S/C29H31F2NO3/c1-18-14-19(2)27(20(3)15-18)32(5)28(35)24-10-6-22(7-11-24)16-26(34)17-23-8-12-25(13-9-23)29(30,31)21(4)33/h6-15,21,33H,16-17H2,1-5H3. The van der Waals surface area contributed by atoms with Gasteiger partial charge < -0.3 is 10.0 Å². The van der Waals surface area contributed by atoms with E-state index in [1.165, 1.54) is 24.3 Å². The number of Topliss-reactive ketones (excluding diaryl/α,β-unsaturated/α-hetero) is 1. The van der Waals surface area contributed by atoms with E-state index in [2.05, 4.69) is 0 Å². The molecule has 0 heterocycles. The average Bonchev–Trinajstić information content (AvgIpc) is 2.78. The number of anilines is 1. The number of hydrogen-bond acceptors (Lipinski definition) is 3. The number of alkyl halides is 2. The van der Waals surface area contributed by atoms with Gasteiger partial charge in [0.25, 0.3) is 11.8 Å². The monoisotopic (exact) mass is 479 g/mol. The first-order valence-corrected chi connectivity index (χ1v) is 11.5. The molecule has 4 nitrogen and oxygen atoms in total. The van der Waals surface area contributed by atoms with Gasteiger partial charge >= 0.3 is 0 Å². The minimum Gasteiger partial charge on any atom is -0.387 e. The van der Waals surface area contributed by atoms with E-state index in [-0.39, 0.29) is 30.1 Å². The molecule has 0 saturated carbocycles. The number of nitrogens with zero attached hydrogens (tertiary/aromatic N) is 1. The summed E-state index contributed by atoms with van der Waals surface area (Å²) in [7, 11) is 1.76. The maximum absolute atomic E-state index is 13.9. The molecule has 0 bridgehead atoms. The number of aliphatic hydroxyl groups is 1. The molecule has 0 spiro atoms. The number of aliphatic hydroxyl groups excluding tert-OH is 1. The molecule has 3 aromatic carbocycles. The van der Waals surface area contributed by atoms with Crippen molar-refractivity contribution in [2.24, 2.45) is 0 Å². The summed E-state index contributed by atoms with van der Waals surface area (Å²) in [4.78, 5) is 27.2. The van der Waals surface area contributed by atoms with Gasteiger partial charge in [-0.1, -0.05) is 54.1 Å². The molecule has 1 N–H and O–H groups in total. The molecule has 0 aliphatic carbocycles. The highest BCUT2D eigenvalue weighted by molar-refractivity contribution is 6.06. The van der Waals surface area contributed by atoms with E-state index in [9.17, 15) is 23.5 Å². The van der Waals surface area contributed by atoms with Crippen LogP contribution >= 0.6 is 0 Å². The van der Waals surface area contributed by atoms with Crippen LogP contribution in [0.25, 0.3) is 0 Å². The van der Waals surface area contributed by atoms with Crippen LogP contribution in [0.1, 0.15) is 50.7 Å². The second-order valence-electron chi connectivity index (χ2n) is 9.20. The average molecular weight is 480 g/mol. The van der Waals surface area contributed by atoms with E-state index in [1.54, 1.807) is 36.2 Å². The Bertz CT molecular complexity index is 1190. The minimum absolute atomic E-state index is 0.0675. The lowest BCUT2D eigenvalue weighted by molar-refractivity contribution is -0.117. The van der Waals surface area contributed by atoms with Crippen LogP contribution in [0.4, 0.5) is 14.5 Å². The van der Waals surface area contributed by atoms with Gasteiger partial charge in [0.2, 0.25) is 0 Å². The van der Waals surface area contributed by atoms with Crippen LogP contribution in [0.15, 0.2) is 60.7 Å². The zero-order valence-electron chi connectivity index (χ0n) is 20.7. The predicted molar refractivity (Wildman–Crippen MR) is 134 cm³/mol. The van der Waals surface area contributed by atoms with Gasteiger partial charge in [0, 0.05) is 36.7 Å². The van der Waals surface area contributed by atoms with Gasteiger partial charge in [-0.25, -0.2) is 0 Å². The molecule has 1 unspecified atom stereocenters. The largest absolute Gasteiger partial charge is 0.387 e. The maximum atomic E-state index is 13.9. The SMILES string of the molecule is Cc1cc(C)c(N(C)C(=O)c2ccc(CC(=O)Cc3ccc(C(F)(F)C(C)O)cc3)cc2)c(C)c1. The smallest absolute Gasteiger partial charge is 0.298 e. The molecule has 3 aromatic rings. The third kappa shape index (κ3) is 6.01. The van der Waals surface area contributed by atoms with Crippen molar-refractivity contribution >= 4 is 17.4 Å². The highest BCUT2D eigenvalue weighted by Gasteiger charge is 2.37. The first-order valence-electron chi connectivity index (χ1n) is 11.5. The summed E-state index contributed by atoms with van der Waals surface area (Å²) in [6, 6.07) is 16.5. The van der Waals surface area contributed by atoms with Crippen LogP contribution in [-0.4, -0.2) is 29.9 Å².